The maximum atomic E-state index is 12.2. The number of fused-ring (bicyclic) bond motifs is 1. The molecule has 3 aromatic rings. The van der Waals surface area contributed by atoms with Crippen LogP contribution in [0.1, 0.15) is 24.1 Å². The van der Waals surface area contributed by atoms with Crippen molar-refractivity contribution in [2.75, 3.05) is 18.0 Å². The maximum absolute atomic E-state index is 12.2. The Morgan fingerprint density at radius 3 is 2.84 bits per heavy atom. The van der Waals surface area contributed by atoms with Gasteiger partial charge in [-0.15, -0.1) is 0 Å². The minimum Gasteiger partial charge on any atom is -0.355 e. The second-order valence-corrected chi connectivity index (χ2v) is 6.83. The van der Waals surface area contributed by atoms with Crippen molar-refractivity contribution in [3.05, 3.63) is 52.6 Å². The summed E-state index contributed by atoms with van der Waals surface area (Å²) in [6, 6.07) is 2.08. The van der Waals surface area contributed by atoms with Gasteiger partial charge in [0.2, 0.25) is 0 Å². The zero-order chi connectivity index (χ0) is 17.4. The molecule has 130 valence electrons. The normalized spacial score (nSPS) is 15.8. The van der Waals surface area contributed by atoms with E-state index in [1.165, 1.54) is 0 Å². The van der Waals surface area contributed by atoms with Gasteiger partial charge >= 0.3 is 0 Å². The maximum Gasteiger partial charge on any atom is 0.256 e. The van der Waals surface area contributed by atoms with E-state index in [1.807, 2.05) is 24.6 Å². The van der Waals surface area contributed by atoms with E-state index >= 15 is 0 Å². The van der Waals surface area contributed by atoms with E-state index in [0.717, 1.165) is 49.5 Å². The first-order valence-electron chi connectivity index (χ1n) is 8.69. The van der Waals surface area contributed by atoms with Gasteiger partial charge in [0.1, 0.15) is 5.52 Å². The molecule has 25 heavy (non-hydrogen) atoms. The number of hydrogen-bond acceptors (Lipinski definition) is 5. The van der Waals surface area contributed by atoms with Crippen molar-refractivity contribution in [1.82, 2.24) is 24.1 Å². The minimum absolute atomic E-state index is 0.0681. The molecule has 0 radical (unpaired) electrons. The lowest BCUT2D eigenvalue weighted by atomic mass is 9.96. The molecule has 1 aliphatic rings. The number of piperidine rings is 1. The van der Waals surface area contributed by atoms with Crippen LogP contribution >= 0.6 is 0 Å². The van der Waals surface area contributed by atoms with Crippen LogP contribution in [-0.2, 0) is 6.54 Å². The molecular weight excluding hydrogens is 316 g/mol. The average Bonchev–Trinajstić information content (AvgIpc) is 3.00. The third-order valence-electron chi connectivity index (χ3n) is 4.93. The van der Waals surface area contributed by atoms with Gasteiger partial charge in [0.15, 0.2) is 5.82 Å². The predicted molar refractivity (Wildman–Crippen MR) is 95.9 cm³/mol. The summed E-state index contributed by atoms with van der Waals surface area (Å²) in [7, 11) is 0. The number of anilines is 1. The largest absolute Gasteiger partial charge is 0.355 e. The molecule has 0 amide bonds. The average molecular weight is 338 g/mol. The molecule has 7 heteroatoms. The summed E-state index contributed by atoms with van der Waals surface area (Å²) in [4.78, 5) is 23.2. The molecule has 3 aromatic heterocycles. The first kappa shape index (κ1) is 15.8. The summed E-state index contributed by atoms with van der Waals surface area (Å²) in [5.74, 6) is 1.49. The van der Waals surface area contributed by atoms with Gasteiger partial charge in [0, 0.05) is 43.8 Å². The summed E-state index contributed by atoms with van der Waals surface area (Å²) < 4.78 is 3.64. The highest BCUT2D eigenvalue weighted by molar-refractivity contribution is 5.69. The molecule has 0 atom stereocenters. The zero-order valence-corrected chi connectivity index (χ0v) is 14.6. The van der Waals surface area contributed by atoms with E-state index in [9.17, 15) is 4.79 Å². The number of aromatic nitrogens is 5. The molecule has 0 saturated carbocycles. The first-order chi connectivity index (χ1) is 12.1. The second-order valence-electron chi connectivity index (χ2n) is 6.83. The van der Waals surface area contributed by atoms with Crippen LogP contribution in [0.2, 0.25) is 0 Å². The van der Waals surface area contributed by atoms with E-state index in [2.05, 4.69) is 26.0 Å². The fraction of sp³-hybridized carbons (Fsp3) is 0.444. The van der Waals surface area contributed by atoms with Crippen molar-refractivity contribution in [2.24, 2.45) is 5.92 Å². The number of nitrogens with zero attached hydrogens (tertiary/aromatic N) is 6. The SMILES string of the molecule is Cc1cc2c(N3CCC(Cn4cncc(C)c4=O)CC3)nccn2n1. The molecule has 0 bridgehead atoms. The topological polar surface area (TPSA) is 68.3 Å². The molecule has 0 aliphatic carbocycles. The highest BCUT2D eigenvalue weighted by Crippen LogP contribution is 2.26. The Hall–Kier alpha value is -2.70. The van der Waals surface area contributed by atoms with Crippen molar-refractivity contribution in [1.29, 1.82) is 0 Å². The summed E-state index contributed by atoms with van der Waals surface area (Å²) in [5.41, 5.74) is 2.82. The van der Waals surface area contributed by atoms with Gasteiger partial charge in [-0.2, -0.15) is 5.10 Å². The lowest BCUT2D eigenvalue weighted by molar-refractivity contribution is 0.350. The number of hydrogen-bond donors (Lipinski definition) is 0. The van der Waals surface area contributed by atoms with Gasteiger partial charge in [-0.05, 0) is 38.7 Å². The van der Waals surface area contributed by atoms with Crippen LogP contribution in [0.3, 0.4) is 0 Å². The Bertz CT molecular complexity index is 952. The lowest BCUT2D eigenvalue weighted by Gasteiger charge is -2.33. The smallest absolute Gasteiger partial charge is 0.256 e. The molecule has 0 spiro atoms. The molecule has 0 aromatic carbocycles. The molecule has 0 unspecified atom stereocenters. The van der Waals surface area contributed by atoms with Crippen molar-refractivity contribution in [2.45, 2.75) is 33.2 Å². The first-order valence-corrected chi connectivity index (χ1v) is 8.69. The van der Waals surface area contributed by atoms with Gasteiger partial charge in [0.25, 0.3) is 5.56 Å². The van der Waals surface area contributed by atoms with Crippen molar-refractivity contribution >= 4 is 11.3 Å². The molecule has 1 saturated heterocycles. The fourth-order valence-electron chi connectivity index (χ4n) is 3.57. The fourth-order valence-corrected chi connectivity index (χ4v) is 3.57. The lowest BCUT2D eigenvalue weighted by Crippen LogP contribution is -2.37. The van der Waals surface area contributed by atoms with Crippen LogP contribution in [0.4, 0.5) is 5.82 Å². The minimum atomic E-state index is 0.0681. The van der Waals surface area contributed by atoms with E-state index in [0.29, 0.717) is 11.5 Å². The monoisotopic (exact) mass is 338 g/mol. The summed E-state index contributed by atoms with van der Waals surface area (Å²) in [6.45, 7) is 6.43. The Kier molecular flexibility index (Phi) is 3.99. The molecular formula is C18H22N6O. The Labute approximate surface area is 145 Å². The van der Waals surface area contributed by atoms with Crippen LogP contribution in [0, 0.1) is 19.8 Å². The third-order valence-corrected chi connectivity index (χ3v) is 4.93. The zero-order valence-electron chi connectivity index (χ0n) is 14.6. The van der Waals surface area contributed by atoms with Crippen LogP contribution < -0.4 is 10.5 Å². The molecule has 1 fully saturated rings. The summed E-state index contributed by atoms with van der Waals surface area (Å²) >= 11 is 0. The Balaban J connectivity index is 1.48. The van der Waals surface area contributed by atoms with Crippen molar-refractivity contribution in [3.63, 3.8) is 0 Å². The number of aryl methyl sites for hydroxylation is 2. The Morgan fingerprint density at radius 2 is 2.04 bits per heavy atom. The highest BCUT2D eigenvalue weighted by Gasteiger charge is 2.22. The van der Waals surface area contributed by atoms with Gasteiger partial charge in [0.05, 0.1) is 12.0 Å². The van der Waals surface area contributed by atoms with Gasteiger partial charge in [-0.3, -0.25) is 9.36 Å². The molecule has 4 rings (SSSR count). The molecule has 4 heterocycles. The van der Waals surface area contributed by atoms with Crippen LogP contribution in [-0.4, -0.2) is 37.2 Å². The highest BCUT2D eigenvalue weighted by atomic mass is 16.1. The van der Waals surface area contributed by atoms with E-state index in [-0.39, 0.29) is 5.56 Å². The summed E-state index contributed by atoms with van der Waals surface area (Å²) in [6.07, 6.45) is 9.04. The molecule has 1 aliphatic heterocycles. The number of rotatable bonds is 3. The Morgan fingerprint density at radius 1 is 1.24 bits per heavy atom. The van der Waals surface area contributed by atoms with Crippen LogP contribution in [0.25, 0.3) is 5.52 Å². The van der Waals surface area contributed by atoms with Crippen molar-refractivity contribution in [3.8, 4) is 0 Å². The molecule has 0 N–H and O–H groups in total. The molecule has 7 nitrogen and oxygen atoms in total. The van der Waals surface area contributed by atoms with E-state index in [1.54, 1.807) is 23.3 Å². The third kappa shape index (κ3) is 3.01. The summed E-state index contributed by atoms with van der Waals surface area (Å²) in [5, 5.41) is 4.46. The standard InChI is InChI=1S/C18H22N6O/c1-13-10-19-12-23(18(13)25)11-15-3-6-22(7-4-15)17-16-9-14(2)21-24(16)8-5-20-17/h5,8-10,12,15H,3-4,6-7,11H2,1-2H3. The van der Waals surface area contributed by atoms with Gasteiger partial charge < -0.3 is 4.90 Å². The van der Waals surface area contributed by atoms with Crippen LogP contribution in [0.5, 0.6) is 0 Å². The van der Waals surface area contributed by atoms with E-state index in [4.69, 9.17) is 0 Å². The van der Waals surface area contributed by atoms with Crippen LogP contribution in [0.15, 0.2) is 35.8 Å². The van der Waals surface area contributed by atoms with Crippen molar-refractivity contribution < 1.29 is 0 Å². The van der Waals surface area contributed by atoms with Gasteiger partial charge in [-0.25, -0.2) is 14.5 Å². The predicted octanol–water partition coefficient (Wildman–Crippen LogP) is 1.82. The quantitative estimate of drug-likeness (QED) is 0.729. The van der Waals surface area contributed by atoms with E-state index < -0.39 is 0 Å². The van der Waals surface area contributed by atoms with Gasteiger partial charge in [-0.1, -0.05) is 0 Å². The second kappa shape index (κ2) is 6.31.